The minimum atomic E-state index is -0.666. The molecule has 0 atom stereocenters. The van der Waals surface area contributed by atoms with E-state index < -0.39 is 17.8 Å². The zero-order valence-electron chi connectivity index (χ0n) is 14.6. The van der Waals surface area contributed by atoms with Gasteiger partial charge in [0.15, 0.2) is 5.76 Å². The van der Waals surface area contributed by atoms with Crippen molar-refractivity contribution in [2.75, 3.05) is 31.9 Å². The van der Waals surface area contributed by atoms with Crippen LogP contribution in [0.5, 0.6) is 0 Å². The van der Waals surface area contributed by atoms with Crippen LogP contribution in [-0.2, 0) is 18.4 Å². The molecule has 2 N–H and O–H groups in total. The van der Waals surface area contributed by atoms with Gasteiger partial charge in [-0.25, -0.2) is 9.36 Å². The zero-order chi connectivity index (χ0) is 19.7. The first-order valence-electron chi connectivity index (χ1n) is 8.16. The van der Waals surface area contributed by atoms with Crippen LogP contribution in [0.4, 0.5) is 5.82 Å². The maximum atomic E-state index is 12.5. The van der Waals surface area contributed by atoms with Crippen molar-refractivity contribution in [2.24, 2.45) is 7.05 Å². The van der Waals surface area contributed by atoms with Crippen molar-refractivity contribution in [2.45, 2.75) is 6.54 Å². The van der Waals surface area contributed by atoms with Crippen molar-refractivity contribution >= 4 is 33.6 Å². The predicted molar refractivity (Wildman–Crippen MR) is 99.2 cm³/mol. The topological polar surface area (TPSA) is 124 Å². The number of hydrogen-bond acceptors (Lipinski definition) is 6. The van der Waals surface area contributed by atoms with Gasteiger partial charge in [-0.2, -0.15) is 0 Å². The van der Waals surface area contributed by atoms with Gasteiger partial charge in [-0.1, -0.05) is 0 Å². The second-order valence-electron chi connectivity index (χ2n) is 6.08. The van der Waals surface area contributed by atoms with E-state index in [1.807, 2.05) is 0 Å². The maximum absolute atomic E-state index is 12.5. The number of anilines is 1. The van der Waals surface area contributed by atoms with E-state index in [0.717, 1.165) is 9.13 Å². The third kappa shape index (κ3) is 3.54. The van der Waals surface area contributed by atoms with Crippen molar-refractivity contribution in [1.29, 1.82) is 0 Å². The number of piperazine rings is 1. The van der Waals surface area contributed by atoms with Gasteiger partial charge in [0.25, 0.3) is 11.5 Å². The van der Waals surface area contributed by atoms with Gasteiger partial charge >= 0.3 is 5.69 Å². The van der Waals surface area contributed by atoms with E-state index >= 15 is 0 Å². The number of furan rings is 1. The number of amides is 2. The van der Waals surface area contributed by atoms with Gasteiger partial charge in [0, 0.05) is 33.2 Å². The van der Waals surface area contributed by atoms with Crippen molar-refractivity contribution in [3.05, 3.63) is 49.5 Å². The highest BCUT2D eigenvalue weighted by atomic mass is 79.9. The third-order valence-electron chi connectivity index (χ3n) is 4.48. The van der Waals surface area contributed by atoms with Gasteiger partial charge < -0.3 is 20.0 Å². The summed E-state index contributed by atoms with van der Waals surface area (Å²) in [6.45, 7) is 0.886. The lowest BCUT2D eigenvalue weighted by molar-refractivity contribution is -0.133. The summed E-state index contributed by atoms with van der Waals surface area (Å²) in [5, 5.41) is 0. The fraction of sp³-hybridized carbons (Fsp3) is 0.375. The number of rotatable bonds is 3. The molecule has 27 heavy (non-hydrogen) atoms. The summed E-state index contributed by atoms with van der Waals surface area (Å²) in [5.41, 5.74) is 4.35. The van der Waals surface area contributed by atoms with Crippen LogP contribution < -0.4 is 17.0 Å². The number of carbonyl (C=O) groups is 2. The first-order valence-corrected chi connectivity index (χ1v) is 8.96. The molecule has 1 aliphatic heterocycles. The summed E-state index contributed by atoms with van der Waals surface area (Å²) < 4.78 is 7.06. The third-order valence-corrected chi connectivity index (χ3v) is 5.23. The van der Waals surface area contributed by atoms with Gasteiger partial charge in [-0.3, -0.25) is 19.0 Å². The number of carbonyl (C=O) groups excluding carboxylic acids is 2. The molecular weight excluding hydrogens is 422 g/mol. The number of halogens is 1. The average molecular weight is 440 g/mol. The SMILES string of the molecule is Cn1c(N)c(Br)c(=O)n(CC(=O)N2CCN(C(=O)c3ccco3)CC2)c1=O. The maximum Gasteiger partial charge on any atom is 0.332 e. The minimum absolute atomic E-state index is 0.00116. The highest BCUT2D eigenvalue weighted by Crippen LogP contribution is 2.11. The van der Waals surface area contributed by atoms with E-state index in [1.54, 1.807) is 17.0 Å². The monoisotopic (exact) mass is 439 g/mol. The summed E-state index contributed by atoms with van der Waals surface area (Å²) in [6.07, 6.45) is 1.43. The lowest BCUT2D eigenvalue weighted by Gasteiger charge is -2.34. The summed E-state index contributed by atoms with van der Waals surface area (Å²) in [4.78, 5) is 52.4. The molecule has 0 aromatic carbocycles. The molecule has 0 unspecified atom stereocenters. The Balaban J connectivity index is 1.68. The molecule has 3 rings (SSSR count). The van der Waals surface area contributed by atoms with E-state index in [1.165, 1.54) is 18.2 Å². The van der Waals surface area contributed by atoms with E-state index in [0.29, 0.717) is 26.2 Å². The number of nitrogen functional groups attached to an aromatic ring is 1. The number of nitrogens with two attached hydrogens (primary N) is 1. The Bertz CT molecular complexity index is 949. The molecule has 1 saturated heterocycles. The minimum Gasteiger partial charge on any atom is -0.459 e. The average Bonchev–Trinajstić information content (AvgIpc) is 3.22. The van der Waals surface area contributed by atoms with Crippen LogP contribution in [-0.4, -0.2) is 56.9 Å². The molecule has 0 aliphatic carbocycles. The fourth-order valence-corrected chi connectivity index (χ4v) is 3.32. The highest BCUT2D eigenvalue weighted by Gasteiger charge is 2.27. The molecule has 2 aromatic rings. The smallest absolute Gasteiger partial charge is 0.332 e. The van der Waals surface area contributed by atoms with Crippen molar-refractivity contribution in [3.63, 3.8) is 0 Å². The lowest BCUT2D eigenvalue weighted by Crippen LogP contribution is -2.52. The van der Waals surface area contributed by atoms with Crippen molar-refractivity contribution in [3.8, 4) is 0 Å². The van der Waals surface area contributed by atoms with Crippen LogP contribution in [0.25, 0.3) is 0 Å². The predicted octanol–water partition coefficient (Wildman–Crippen LogP) is -0.531. The van der Waals surface area contributed by atoms with Crippen LogP contribution in [0.15, 0.2) is 36.9 Å². The molecular formula is C16H18BrN5O5. The Labute approximate surface area is 161 Å². The lowest BCUT2D eigenvalue weighted by atomic mass is 10.2. The van der Waals surface area contributed by atoms with E-state index in [9.17, 15) is 19.2 Å². The summed E-state index contributed by atoms with van der Waals surface area (Å²) in [7, 11) is 1.42. The molecule has 144 valence electrons. The quantitative estimate of drug-likeness (QED) is 0.685. The Hall–Kier alpha value is -2.82. The number of nitrogens with zero attached hydrogens (tertiary/aromatic N) is 4. The van der Waals surface area contributed by atoms with E-state index in [4.69, 9.17) is 10.2 Å². The first kappa shape index (κ1) is 19.0. The summed E-state index contributed by atoms with van der Waals surface area (Å²) in [5.74, 6) is -0.370. The molecule has 1 aliphatic rings. The standard InChI is InChI=1S/C16H18BrN5O5/c1-19-13(18)12(17)15(25)22(16(19)26)9-11(23)20-4-6-21(7-5-20)14(24)10-3-2-8-27-10/h2-3,8H,4-7,9,18H2,1H3. The second-order valence-corrected chi connectivity index (χ2v) is 6.88. The first-order chi connectivity index (χ1) is 12.8. The summed E-state index contributed by atoms with van der Waals surface area (Å²) >= 11 is 3.05. The normalized spacial score (nSPS) is 14.4. The Morgan fingerprint density at radius 1 is 1.19 bits per heavy atom. The molecule has 1 fully saturated rings. The fourth-order valence-electron chi connectivity index (χ4n) is 2.84. The molecule has 0 bridgehead atoms. The largest absolute Gasteiger partial charge is 0.459 e. The van der Waals surface area contributed by atoms with Crippen LogP contribution in [0, 0.1) is 0 Å². The molecule has 10 nitrogen and oxygen atoms in total. The number of hydrogen-bond donors (Lipinski definition) is 1. The molecule has 2 amide bonds. The van der Waals surface area contributed by atoms with Gasteiger partial charge in [0.05, 0.1) is 6.26 Å². The molecule has 0 spiro atoms. The van der Waals surface area contributed by atoms with Crippen LogP contribution in [0.2, 0.25) is 0 Å². The van der Waals surface area contributed by atoms with Crippen molar-refractivity contribution in [1.82, 2.24) is 18.9 Å². The van der Waals surface area contributed by atoms with Crippen LogP contribution in [0.3, 0.4) is 0 Å². The van der Waals surface area contributed by atoms with Gasteiger partial charge in [0.2, 0.25) is 5.91 Å². The van der Waals surface area contributed by atoms with Gasteiger partial charge in [0.1, 0.15) is 16.8 Å². The Morgan fingerprint density at radius 3 is 2.41 bits per heavy atom. The zero-order valence-corrected chi connectivity index (χ0v) is 16.1. The summed E-state index contributed by atoms with van der Waals surface area (Å²) in [6, 6.07) is 3.22. The highest BCUT2D eigenvalue weighted by molar-refractivity contribution is 9.10. The molecule has 3 heterocycles. The number of aromatic nitrogens is 2. The molecule has 0 radical (unpaired) electrons. The second kappa shape index (κ2) is 7.43. The van der Waals surface area contributed by atoms with Gasteiger partial charge in [-0.15, -0.1) is 0 Å². The van der Waals surface area contributed by atoms with E-state index in [-0.39, 0.29) is 27.9 Å². The Morgan fingerprint density at radius 2 is 1.81 bits per heavy atom. The molecule has 0 saturated carbocycles. The van der Waals surface area contributed by atoms with Crippen LogP contribution >= 0.6 is 15.9 Å². The van der Waals surface area contributed by atoms with Crippen LogP contribution in [0.1, 0.15) is 10.6 Å². The molecule has 2 aromatic heterocycles. The van der Waals surface area contributed by atoms with Gasteiger partial charge in [-0.05, 0) is 28.1 Å². The van der Waals surface area contributed by atoms with E-state index in [2.05, 4.69) is 15.9 Å². The Kier molecular flexibility index (Phi) is 5.22. The van der Waals surface area contributed by atoms with Crippen molar-refractivity contribution < 1.29 is 14.0 Å². The molecule has 11 heteroatoms.